The molecule has 0 atom stereocenters. The van der Waals surface area contributed by atoms with Gasteiger partial charge in [-0.1, -0.05) is 11.6 Å². The van der Waals surface area contributed by atoms with Gasteiger partial charge in [-0.3, -0.25) is 0 Å². The Hall–Kier alpha value is -1.12. The highest BCUT2D eigenvalue weighted by molar-refractivity contribution is 5.86. The monoisotopic (exact) mass is 158 g/mol. The van der Waals surface area contributed by atoms with E-state index in [2.05, 4.69) is 4.74 Å². The Bertz CT molecular complexity index is 200. The van der Waals surface area contributed by atoms with Gasteiger partial charge in [0.25, 0.3) is 0 Å². The molecule has 0 aliphatic carbocycles. The molecule has 0 aromatic heterocycles. The molecule has 0 bridgehead atoms. The lowest BCUT2D eigenvalue weighted by Gasteiger charge is -1.91. The van der Waals surface area contributed by atoms with Gasteiger partial charge in [0.2, 0.25) is 5.83 Å². The quantitative estimate of drug-likeness (QED) is 0.349. The molecule has 0 N–H and O–H groups in total. The van der Waals surface area contributed by atoms with Gasteiger partial charge in [0, 0.05) is 0 Å². The van der Waals surface area contributed by atoms with E-state index in [9.17, 15) is 9.18 Å². The van der Waals surface area contributed by atoms with Gasteiger partial charge < -0.3 is 4.74 Å². The number of rotatable bonds is 2. The Labute approximate surface area is 65.4 Å². The van der Waals surface area contributed by atoms with Crippen molar-refractivity contribution >= 4 is 5.97 Å². The molecule has 0 aromatic carbocycles. The Morgan fingerprint density at radius 1 is 1.36 bits per heavy atom. The van der Waals surface area contributed by atoms with Crippen LogP contribution in [0, 0.1) is 0 Å². The van der Waals surface area contributed by atoms with Gasteiger partial charge in [-0.15, -0.1) is 0 Å². The van der Waals surface area contributed by atoms with E-state index in [0.717, 1.165) is 18.8 Å². The smallest absolute Gasteiger partial charge is 0.366 e. The topological polar surface area (TPSA) is 26.3 Å². The molecule has 0 aliphatic heterocycles. The van der Waals surface area contributed by atoms with Gasteiger partial charge in [0.15, 0.2) is 0 Å². The normalized spacial score (nSPS) is 10.7. The summed E-state index contributed by atoms with van der Waals surface area (Å²) in [5.74, 6) is -1.82. The first-order chi connectivity index (χ1) is 5.07. The molecule has 0 unspecified atom stereocenters. The fourth-order valence-electron chi connectivity index (χ4n) is 0.405. The van der Waals surface area contributed by atoms with Gasteiger partial charge in [-0.25, -0.2) is 4.79 Å². The van der Waals surface area contributed by atoms with Gasteiger partial charge in [-0.2, -0.15) is 4.39 Å². The second-order valence-corrected chi connectivity index (χ2v) is 2.25. The molecular formula is C8H11FO2. The largest absolute Gasteiger partial charge is 0.464 e. The van der Waals surface area contributed by atoms with Crippen molar-refractivity contribution in [3.63, 3.8) is 0 Å². The van der Waals surface area contributed by atoms with Crippen LogP contribution >= 0.6 is 0 Å². The van der Waals surface area contributed by atoms with Crippen molar-refractivity contribution in [2.24, 2.45) is 0 Å². The zero-order valence-corrected chi connectivity index (χ0v) is 6.85. The number of esters is 1. The second kappa shape index (κ2) is 4.66. The fourth-order valence-corrected chi connectivity index (χ4v) is 0.405. The van der Waals surface area contributed by atoms with E-state index in [0.29, 0.717) is 0 Å². The number of allylic oxidation sites excluding steroid dienone is 3. The molecule has 0 heterocycles. The Kier molecular flexibility index (Phi) is 4.18. The Morgan fingerprint density at radius 2 is 1.91 bits per heavy atom. The third-order valence-electron chi connectivity index (χ3n) is 0.943. The van der Waals surface area contributed by atoms with Crippen molar-refractivity contribution in [1.82, 2.24) is 0 Å². The second-order valence-electron chi connectivity index (χ2n) is 2.25. The Morgan fingerprint density at radius 3 is 2.27 bits per heavy atom. The zero-order valence-electron chi connectivity index (χ0n) is 6.85. The van der Waals surface area contributed by atoms with Gasteiger partial charge >= 0.3 is 5.97 Å². The van der Waals surface area contributed by atoms with E-state index < -0.39 is 11.8 Å². The summed E-state index contributed by atoms with van der Waals surface area (Å²) in [5.41, 5.74) is 0.920. The summed E-state index contributed by atoms with van der Waals surface area (Å²) in [7, 11) is 1.14. The number of hydrogen-bond donors (Lipinski definition) is 0. The van der Waals surface area contributed by atoms with E-state index in [4.69, 9.17) is 0 Å². The third-order valence-corrected chi connectivity index (χ3v) is 0.943. The minimum Gasteiger partial charge on any atom is -0.464 e. The summed E-state index contributed by atoms with van der Waals surface area (Å²) < 4.78 is 16.6. The average Bonchev–Trinajstić information content (AvgIpc) is 1.98. The number of halogens is 1. The van der Waals surface area contributed by atoms with Crippen LogP contribution in [0.1, 0.15) is 13.8 Å². The van der Waals surface area contributed by atoms with E-state index in [-0.39, 0.29) is 0 Å². The molecule has 0 radical (unpaired) electrons. The maximum Gasteiger partial charge on any atom is 0.366 e. The first-order valence-corrected chi connectivity index (χ1v) is 3.17. The number of hydrogen-bond acceptors (Lipinski definition) is 2. The summed E-state index contributed by atoms with van der Waals surface area (Å²) >= 11 is 0. The number of carbonyl (C=O) groups excluding carboxylic acids is 1. The van der Waals surface area contributed by atoms with Crippen molar-refractivity contribution in [2.75, 3.05) is 7.11 Å². The molecule has 0 rings (SSSR count). The molecule has 62 valence electrons. The van der Waals surface area contributed by atoms with Crippen LogP contribution in [-0.4, -0.2) is 13.1 Å². The van der Waals surface area contributed by atoms with Crippen LogP contribution in [0.15, 0.2) is 23.6 Å². The van der Waals surface area contributed by atoms with Crippen molar-refractivity contribution < 1.29 is 13.9 Å². The fraction of sp³-hybridized carbons (Fsp3) is 0.375. The molecule has 0 fully saturated rings. The van der Waals surface area contributed by atoms with Crippen LogP contribution in [0.4, 0.5) is 4.39 Å². The molecule has 0 amide bonds. The third kappa shape index (κ3) is 4.31. The van der Waals surface area contributed by atoms with Crippen molar-refractivity contribution in [3.05, 3.63) is 23.6 Å². The summed E-state index contributed by atoms with van der Waals surface area (Å²) in [6.07, 6.45) is 2.59. The molecular weight excluding hydrogens is 147 g/mol. The molecule has 0 saturated carbocycles. The summed E-state index contributed by atoms with van der Waals surface area (Å²) in [5, 5.41) is 0. The van der Waals surface area contributed by atoms with Crippen LogP contribution in [0.5, 0.6) is 0 Å². The summed E-state index contributed by atoms with van der Waals surface area (Å²) in [6, 6.07) is 0. The minimum atomic E-state index is -0.942. The van der Waals surface area contributed by atoms with Crippen LogP contribution < -0.4 is 0 Å². The standard InChI is InChI=1S/C8H11FO2/c1-6(2)4-5-7(9)8(10)11-3/h4-5H,1-3H3/b7-5-. The highest BCUT2D eigenvalue weighted by Gasteiger charge is 2.05. The highest BCUT2D eigenvalue weighted by atomic mass is 19.1. The van der Waals surface area contributed by atoms with E-state index in [1.54, 1.807) is 13.8 Å². The average molecular weight is 158 g/mol. The summed E-state index contributed by atoms with van der Waals surface area (Å²) in [6.45, 7) is 3.61. The first-order valence-electron chi connectivity index (χ1n) is 3.17. The van der Waals surface area contributed by atoms with Crippen LogP contribution in [-0.2, 0) is 9.53 Å². The molecule has 0 spiro atoms. The minimum absolute atomic E-state index is 0.881. The lowest BCUT2D eigenvalue weighted by Crippen LogP contribution is -1.99. The Balaban J connectivity index is 4.23. The first kappa shape index (κ1) is 9.88. The SMILES string of the molecule is COC(=O)/C(F)=C/C=C(C)C. The molecule has 0 aliphatic rings. The zero-order chi connectivity index (χ0) is 8.85. The number of ether oxygens (including phenoxy) is 1. The van der Waals surface area contributed by atoms with Crippen molar-refractivity contribution in [1.29, 1.82) is 0 Å². The number of carbonyl (C=O) groups is 1. The van der Waals surface area contributed by atoms with Crippen molar-refractivity contribution in [3.8, 4) is 0 Å². The van der Waals surface area contributed by atoms with Crippen LogP contribution in [0.2, 0.25) is 0 Å². The maximum absolute atomic E-state index is 12.5. The van der Waals surface area contributed by atoms with Crippen LogP contribution in [0.25, 0.3) is 0 Å². The van der Waals surface area contributed by atoms with Crippen LogP contribution in [0.3, 0.4) is 0 Å². The lowest BCUT2D eigenvalue weighted by molar-refractivity contribution is -0.137. The van der Waals surface area contributed by atoms with E-state index >= 15 is 0 Å². The predicted octanol–water partition coefficient (Wildman–Crippen LogP) is 1.98. The van der Waals surface area contributed by atoms with Crippen molar-refractivity contribution in [2.45, 2.75) is 13.8 Å². The molecule has 11 heavy (non-hydrogen) atoms. The molecule has 2 nitrogen and oxygen atoms in total. The predicted molar refractivity (Wildman–Crippen MR) is 40.6 cm³/mol. The van der Waals surface area contributed by atoms with Gasteiger partial charge in [0.05, 0.1) is 7.11 Å². The molecule has 3 heteroatoms. The van der Waals surface area contributed by atoms with E-state index in [1.165, 1.54) is 6.08 Å². The molecule has 0 aromatic rings. The lowest BCUT2D eigenvalue weighted by atomic mass is 10.3. The number of methoxy groups -OCH3 is 1. The maximum atomic E-state index is 12.5. The summed E-state index contributed by atoms with van der Waals surface area (Å²) in [4.78, 5) is 10.4. The molecule has 0 saturated heterocycles. The van der Waals surface area contributed by atoms with Gasteiger partial charge in [-0.05, 0) is 19.9 Å². The van der Waals surface area contributed by atoms with E-state index in [1.807, 2.05) is 0 Å². The highest BCUT2D eigenvalue weighted by Crippen LogP contribution is 2.00. The van der Waals surface area contributed by atoms with Gasteiger partial charge in [0.1, 0.15) is 0 Å².